The minimum atomic E-state index is -0.369. The quantitative estimate of drug-likeness (QED) is 0.669. The van der Waals surface area contributed by atoms with Crippen LogP contribution in [0.5, 0.6) is 0 Å². The van der Waals surface area contributed by atoms with Crippen LogP contribution in [0.4, 0.5) is 5.69 Å². The Kier molecular flexibility index (Phi) is 6.16. The molecule has 1 aromatic heterocycles. The predicted octanol–water partition coefficient (Wildman–Crippen LogP) is 4.25. The third-order valence-electron chi connectivity index (χ3n) is 4.29. The van der Waals surface area contributed by atoms with Crippen LogP contribution in [0, 0.1) is 0 Å². The first-order valence-electron chi connectivity index (χ1n) is 8.47. The Morgan fingerprint density at radius 1 is 1.07 bits per heavy atom. The summed E-state index contributed by atoms with van der Waals surface area (Å²) in [5, 5.41) is 8.27. The van der Waals surface area contributed by atoms with Gasteiger partial charge in [0.05, 0.1) is 23.6 Å². The number of anilines is 1. The van der Waals surface area contributed by atoms with E-state index in [1.807, 2.05) is 56.6 Å². The first kappa shape index (κ1) is 19.4. The fourth-order valence-electron chi connectivity index (χ4n) is 2.83. The summed E-state index contributed by atoms with van der Waals surface area (Å²) in [7, 11) is 3.95. The minimum absolute atomic E-state index is 0.00585. The number of rotatable bonds is 6. The fourth-order valence-corrected chi connectivity index (χ4v) is 3.29. The SMILES string of the molecule is CN(C)[C@@H](CNc1cnn(-c2ccccc2)c(=O)c1Cl)c1ccccc1Cl. The van der Waals surface area contributed by atoms with Crippen LogP contribution in [-0.2, 0) is 0 Å². The number of hydrogen-bond acceptors (Lipinski definition) is 4. The molecule has 1 atom stereocenters. The van der Waals surface area contributed by atoms with E-state index in [1.54, 1.807) is 18.3 Å². The van der Waals surface area contributed by atoms with Gasteiger partial charge in [0.15, 0.2) is 0 Å². The second-order valence-electron chi connectivity index (χ2n) is 6.31. The number of likely N-dealkylation sites (N-methyl/N-ethyl adjacent to an activating group) is 1. The smallest absolute Gasteiger partial charge is 0.292 e. The molecule has 2 aromatic carbocycles. The van der Waals surface area contributed by atoms with E-state index in [4.69, 9.17) is 23.2 Å². The zero-order chi connectivity index (χ0) is 19.4. The Balaban J connectivity index is 1.84. The molecule has 3 aromatic rings. The summed E-state index contributed by atoms with van der Waals surface area (Å²) in [5.74, 6) is 0. The van der Waals surface area contributed by atoms with Crippen LogP contribution < -0.4 is 10.9 Å². The van der Waals surface area contributed by atoms with Crippen molar-refractivity contribution in [3.63, 3.8) is 0 Å². The number of nitrogens with one attached hydrogen (secondary N) is 1. The summed E-state index contributed by atoms with van der Waals surface area (Å²) in [6.07, 6.45) is 1.57. The highest BCUT2D eigenvalue weighted by Gasteiger charge is 2.18. The molecule has 140 valence electrons. The van der Waals surface area contributed by atoms with Gasteiger partial charge in [-0.15, -0.1) is 0 Å². The van der Waals surface area contributed by atoms with Crippen molar-refractivity contribution in [1.82, 2.24) is 14.7 Å². The molecule has 0 aliphatic rings. The molecular formula is C20H20Cl2N4O. The fraction of sp³-hybridized carbons (Fsp3) is 0.200. The number of nitrogens with zero attached hydrogens (tertiary/aromatic N) is 3. The summed E-state index contributed by atoms with van der Waals surface area (Å²) in [4.78, 5) is 14.6. The Morgan fingerprint density at radius 2 is 1.74 bits per heavy atom. The Morgan fingerprint density at radius 3 is 2.41 bits per heavy atom. The molecule has 0 aliphatic carbocycles. The number of para-hydroxylation sites is 1. The van der Waals surface area contributed by atoms with Gasteiger partial charge in [-0.3, -0.25) is 4.79 Å². The van der Waals surface area contributed by atoms with Crippen LogP contribution in [0.1, 0.15) is 11.6 Å². The molecule has 0 fully saturated rings. The molecule has 7 heteroatoms. The predicted molar refractivity (Wildman–Crippen MR) is 111 cm³/mol. The molecule has 27 heavy (non-hydrogen) atoms. The van der Waals surface area contributed by atoms with Gasteiger partial charge in [-0.05, 0) is 37.9 Å². The van der Waals surface area contributed by atoms with Gasteiger partial charge in [-0.2, -0.15) is 9.78 Å². The third-order valence-corrected chi connectivity index (χ3v) is 5.00. The number of halogens is 2. The average Bonchev–Trinajstić information content (AvgIpc) is 2.67. The topological polar surface area (TPSA) is 50.2 Å². The number of benzene rings is 2. The van der Waals surface area contributed by atoms with Crippen LogP contribution in [-0.4, -0.2) is 35.3 Å². The second kappa shape index (κ2) is 8.57. The van der Waals surface area contributed by atoms with Crippen molar-refractivity contribution in [3.05, 3.63) is 86.8 Å². The summed E-state index contributed by atoms with van der Waals surface area (Å²) in [5.41, 5.74) is 1.79. The van der Waals surface area contributed by atoms with E-state index < -0.39 is 0 Å². The molecule has 0 aliphatic heterocycles. The lowest BCUT2D eigenvalue weighted by molar-refractivity contribution is 0.312. The van der Waals surface area contributed by atoms with Crippen molar-refractivity contribution in [2.45, 2.75) is 6.04 Å². The Hall–Kier alpha value is -2.34. The lowest BCUT2D eigenvalue weighted by Crippen LogP contribution is -2.28. The zero-order valence-corrected chi connectivity index (χ0v) is 16.6. The van der Waals surface area contributed by atoms with Gasteiger partial charge in [-0.1, -0.05) is 59.6 Å². The second-order valence-corrected chi connectivity index (χ2v) is 7.09. The minimum Gasteiger partial charge on any atom is -0.380 e. The molecule has 0 bridgehead atoms. The highest BCUT2D eigenvalue weighted by Crippen LogP contribution is 2.27. The summed E-state index contributed by atoms with van der Waals surface area (Å²) >= 11 is 12.7. The molecule has 0 saturated heterocycles. The van der Waals surface area contributed by atoms with Gasteiger partial charge in [0, 0.05) is 11.6 Å². The summed E-state index contributed by atoms with van der Waals surface area (Å²) in [6.45, 7) is 0.521. The van der Waals surface area contributed by atoms with Crippen molar-refractivity contribution in [3.8, 4) is 5.69 Å². The normalized spacial score (nSPS) is 12.2. The largest absolute Gasteiger partial charge is 0.380 e. The highest BCUT2D eigenvalue weighted by molar-refractivity contribution is 6.33. The molecular weight excluding hydrogens is 383 g/mol. The van der Waals surface area contributed by atoms with Crippen LogP contribution in [0.3, 0.4) is 0 Å². The maximum atomic E-state index is 12.6. The van der Waals surface area contributed by atoms with Crippen LogP contribution in [0.25, 0.3) is 5.69 Å². The standard InChI is InChI=1S/C20H20Cl2N4O/c1-25(2)18(15-10-6-7-11-16(15)21)13-23-17-12-24-26(20(27)19(17)22)14-8-4-3-5-9-14/h3-12,18,23H,13H2,1-2H3/t18-/m0/s1. The molecule has 0 radical (unpaired) electrons. The number of hydrogen-bond donors (Lipinski definition) is 1. The Labute approximate surface area is 168 Å². The lowest BCUT2D eigenvalue weighted by Gasteiger charge is -2.26. The van der Waals surface area contributed by atoms with Crippen molar-refractivity contribution in [1.29, 1.82) is 0 Å². The monoisotopic (exact) mass is 402 g/mol. The highest BCUT2D eigenvalue weighted by atomic mass is 35.5. The summed E-state index contributed by atoms with van der Waals surface area (Å²) in [6, 6.07) is 16.9. The molecule has 0 spiro atoms. The van der Waals surface area contributed by atoms with Gasteiger partial charge in [0.25, 0.3) is 5.56 Å². The summed E-state index contributed by atoms with van der Waals surface area (Å²) < 4.78 is 1.28. The van der Waals surface area contributed by atoms with Gasteiger partial charge in [0.1, 0.15) is 5.02 Å². The van der Waals surface area contributed by atoms with Gasteiger partial charge in [0.2, 0.25) is 0 Å². The lowest BCUT2D eigenvalue weighted by atomic mass is 10.1. The van der Waals surface area contributed by atoms with E-state index in [0.717, 1.165) is 5.56 Å². The van der Waals surface area contributed by atoms with E-state index in [2.05, 4.69) is 15.3 Å². The first-order valence-corrected chi connectivity index (χ1v) is 9.22. The average molecular weight is 403 g/mol. The van der Waals surface area contributed by atoms with Gasteiger partial charge >= 0.3 is 0 Å². The van der Waals surface area contributed by atoms with E-state index in [9.17, 15) is 4.79 Å². The van der Waals surface area contributed by atoms with Crippen molar-refractivity contribution in [2.24, 2.45) is 0 Å². The van der Waals surface area contributed by atoms with Gasteiger partial charge < -0.3 is 10.2 Å². The van der Waals surface area contributed by atoms with E-state index in [0.29, 0.717) is 22.9 Å². The maximum absolute atomic E-state index is 12.6. The molecule has 0 amide bonds. The van der Waals surface area contributed by atoms with Crippen molar-refractivity contribution in [2.75, 3.05) is 26.0 Å². The molecule has 1 heterocycles. The zero-order valence-electron chi connectivity index (χ0n) is 15.1. The number of aromatic nitrogens is 2. The molecule has 0 unspecified atom stereocenters. The van der Waals surface area contributed by atoms with Crippen molar-refractivity contribution < 1.29 is 0 Å². The maximum Gasteiger partial charge on any atom is 0.292 e. The third kappa shape index (κ3) is 4.33. The first-order chi connectivity index (χ1) is 13.0. The van der Waals surface area contributed by atoms with Crippen molar-refractivity contribution >= 4 is 28.9 Å². The molecule has 0 saturated carbocycles. The van der Waals surface area contributed by atoms with Crippen LogP contribution >= 0.6 is 23.2 Å². The molecule has 3 rings (SSSR count). The van der Waals surface area contributed by atoms with E-state index in [1.165, 1.54) is 4.68 Å². The Bertz CT molecular complexity index is 973. The van der Waals surface area contributed by atoms with Gasteiger partial charge in [-0.25, -0.2) is 0 Å². The molecule has 5 nitrogen and oxygen atoms in total. The van der Waals surface area contributed by atoms with E-state index in [-0.39, 0.29) is 16.6 Å². The van der Waals surface area contributed by atoms with E-state index >= 15 is 0 Å². The molecule has 1 N–H and O–H groups in total. The van der Waals surface area contributed by atoms with Crippen LogP contribution in [0.15, 0.2) is 65.6 Å². The van der Waals surface area contributed by atoms with Crippen LogP contribution in [0.2, 0.25) is 10.0 Å².